The second kappa shape index (κ2) is 46.8. The number of likely N-dealkylation sites (tertiary alicyclic amines) is 1. The van der Waals surface area contributed by atoms with Crippen LogP contribution in [0.4, 0.5) is 17.1 Å². The van der Waals surface area contributed by atoms with Crippen molar-refractivity contribution in [2.75, 3.05) is 72.2 Å². The summed E-state index contributed by atoms with van der Waals surface area (Å²) in [6.45, 7) is 23.1. The van der Waals surface area contributed by atoms with Crippen LogP contribution in [-0.4, -0.2) is 197 Å². The molecule has 5 aliphatic heterocycles. The van der Waals surface area contributed by atoms with Crippen LogP contribution in [0.1, 0.15) is 195 Å². The molecule has 4 aliphatic carbocycles. The molecule has 2 unspecified atom stereocenters. The number of hydroxylamine groups is 2. The first-order chi connectivity index (χ1) is 57.2. The minimum absolute atomic E-state index is 0. The minimum Gasteiger partial charge on any atom is -1.00 e. The van der Waals surface area contributed by atoms with E-state index in [0.29, 0.717) is 74.4 Å². The first-order valence-corrected chi connectivity index (χ1v) is 41.3. The molecule has 5 saturated heterocycles. The average molecular weight is 1830 g/mol. The van der Waals surface area contributed by atoms with Gasteiger partial charge in [-0.15, -0.1) is 0 Å². The van der Waals surface area contributed by atoms with Crippen molar-refractivity contribution in [1.29, 1.82) is 10.5 Å². The molecule has 34 heteroatoms. The summed E-state index contributed by atoms with van der Waals surface area (Å²) in [5.41, 5.74) is 14.2. The molecule has 32 nitrogen and oxygen atoms in total. The van der Waals surface area contributed by atoms with Crippen molar-refractivity contribution < 1.29 is 107 Å². The van der Waals surface area contributed by atoms with E-state index in [2.05, 4.69) is 80.7 Å². The normalized spacial score (nSPS) is 21.5. The number of hydrogen-bond acceptors (Lipinski definition) is 27. The number of para-hydroxylation sites is 3. The number of aliphatic imine (C=N–C) groups is 1. The van der Waals surface area contributed by atoms with Crippen LogP contribution in [0.5, 0.6) is 17.2 Å². The van der Waals surface area contributed by atoms with Crippen molar-refractivity contribution in [3.8, 4) is 29.6 Å². The number of nitriles is 2. The number of fused-ring (bicyclic) bond motifs is 3. The molecule has 1 amide bonds. The number of likely N-dealkylation sites (N-methyl/N-ethyl adjacent to an activating group) is 1. The first kappa shape index (κ1) is 102. The number of anilines is 1. The van der Waals surface area contributed by atoms with Gasteiger partial charge in [-0.05, 0) is 136 Å². The smallest absolute Gasteiger partial charge is 1.00 e. The molecule has 660 valence electrons. The fraction of sp³-hybridized carbons (Fsp3) is 0.562. The number of benzene rings is 3. The first-order valence-electron chi connectivity index (χ1n) is 41.3. The molecular weight excluding hydrogens is 1710 g/mol. The Morgan fingerprint density at radius 3 is 1.28 bits per heavy atom. The maximum atomic E-state index is 11.3. The summed E-state index contributed by atoms with van der Waals surface area (Å²) in [5, 5.41) is 53.0. The van der Waals surface area contributed by atoms with Crippen LogP contribution in [0, 0.1) is 82.3 Å². The summed E-state index contributed by atoms with van der Waals surface area (Å²) in [4.78, 5) is 81.9. The predicted molar refractivity (Wildman–Crippen MR) is 457 cm³/mol. The molecule has 123 heavy (non-hydrogen) atoms. The van der Waals surface area contributed by atoms with Crippen LogP contribution < -0.4 is 25.5 Å². The average Bonchev–Trinajstić information content (AvgIpc) is 0.796. The summed E-state index contributed by atoms with van der Waals surface area (Å²) >= 11 is 0. The number of carbonyl (C=O) groups excluding carboxylic acids is 2. The number of amidine groups is 1. The zero-order chi connectivity index (χ0) is 86.2. The molecule has 3 aromatic carbocycles. The van der Waals surface area contributed by atoms with Crippen LogP contribution in [0.2, 0.25) is 0 Å². The van der Waals surface area contributed by atoms with Crippen molar-refractivity contribution >= 4 is 72.5 Å². The van der Waals surface area contributed by atoms with Crippen LogP contribution in [-0.2, 0) is 113 Å². The van der Waals surface area contributed by atoms with Crippen LogP contribution >= 0.6 is 0 Å². The molecule has 0 radical (unpaired) electrons. The molecule has 3 N–H and O–H groups in total. The Balaban J connectivity index is 0.000000269. The van der Waals surface area contributed by atoms with Gasteiger partial charge in [-0.2, -0.15) is 15.5 Å². The van der Waals surface area contributed by atoms with Gasteiger partial charge in [0.2, 0.25) is 6.04 Å². The molecule has 0 bridgehead atoms. The molecule has 8 heterocycles. The number of nitrogen functional groups attached to an aromatic ring is 1. The second-order valence-corrected chi connectivity index (χ2v) is 35.1. The summed E-state index contributed by atoms with van der Waals surface area (Å²) in [5.74, 6) is -0.406. The number of aromatic nitrogens is 3. The van der Waals surface area contributed by atoms with Crippen molar-refractivity contribution in [3.05, 3.63) is 199 Å². The topological polar surface area (TPSA) is 408 Å². The zero-order valence-electron chi connectivity index (χ0n) is 74.9. The Kier molecular flexibility index (Phi) is 38.8. The Hall–Kier alpha value is -8.24. The van der Waals surface area contributed by atoms with Crippen LogP contribution in [0.3, 0.4) is 0 Å². The fourth-order valence-corrected chi connectivity index (χ4v) is 15.0. The Morgan fingerprint density at radius 1 is 0.537 bits per heavy atom. The quantitative estimate of drug-likeness (QED) is 0.0198. The number of amides is 1. The van der Waals surface area contributed by atoms with E-state index < -0.39 is 50.1 Å². The van der Waals surface area contributed by atoms with Crippen LogP contribution in [0.15, 0.2) is 133 Å². The Labute approximate surface area is 774 Å². The molecule has 9 aliphatic rings. The molecular formula is C89H120CaCdN13O19-. The molecule has 2 atom stereocenters. The van der Waals surface area contributed by atoms with E-state index in [4.69, 9.17) is 68.6 Å². The number of nitro groups is 3. The number of aryl methyl sites for hydroxylation is 6. The summed E-state index contributed by atoms with van der Waals surface area (Å²) in [6.07, 6.45) is 26.2. The third kappa shape index (κ3) is 31.4. The van der Waals surface area contributed by atoms with Gasteiger partial charge in [-0.25, -0.2) is 5.32 Å². The molecule has 1 saturated carbocycles. The van der Waals surface area contributed by atoms with Gasteiger partial charge in [0, 0.05) is 158 Å². The van der Waals surface area contributed by atoms with Crippen molar-refractivity contribution in [1.82, 2.24) is 30.4 Å². The number of rotatable bonds is 9. The number of nitrogens with zero attached hydrogens (tertiary/aromatic N) is 11. The minimum atomic E-state index is -1.47. The monoisotopic (exact) mass is 1830 g/mol. The number of ether oxygens (including phenoxy) is 9. The van der Waals surface area contributed by atoms with Crippen molar-refractivity contribution in [3.63, 3.8) is 0 Å². The van der Waals surface area contributed by atoms with Gasteiger partial charge in [-0.1, -0.05) is 110 Å². The number of nitrogens with two attached hydrogens (primary N) is 1. The zero-order valence-corrected chi connectivity index (χ0v) is 79.1. The van der Waals surface area contributed by atoms with E-state index in [9.17, 15) is 39.9 Å². The van der Waals surface area contributed by atoms with Gasteiger partial charge in [0.05, 0.1) is 94.5 Å². The van der Waals surface area contributed by atoms with Gasteiger partial charge in [0.25, 0.3) is 23.8 Å². The number of piperidine rings is 1. The van der Waals surface area contributed by atoms with Crippen LogP contribution in [0.25, 0.3) is 0 Å². The molecule has 4 spiro atoms. The third-order valence-electron chi connectivity index (χ3n) is 21.9. The standard InChI is InChI=1S/C24H28N4O3.C16H22N2O4.C16H24N2O2.C13H10N2O2.C13H22O3.C6H9N3O5.CH3.Ca.Cd.2H/c1-23(2)15-29-24(30-16-23)11-6-9-21-18(10-12-24)13-19(14-26-21)28-22(27-17-25)31-20-7-4-3-5-8-20;1-15(2)10-21-16(22-11-15)6-3-4-14-12(5-7-16)8-13(9-17-14)18(19)20;1-15(2)10-19-16(20-11-15)6-3-4-14-12(5-7-16)8-13(17)9-18-14;14-11-15(16-12-7-3-1-4-8-12)17-13-9-5-2-6-10-13;1-12(2)9-15-13(16-10-12)7-3-5-11(14)6-4-8-13;1-7-3-4(8(11)12)2-5(6(7)10)9(13)14;;;;;/h3-5,7-8,13-14H,6,9-12,15-16H2,1-2H3,(H,27,28);8-9H,3-7,10-11H2,1-2H3;8-9H,3-7,10-11,17H2,1-2H3;1-10H;3-10H2,1-2H3;4-5H,2-3H2,1H3;1H3;;;;/q;;;;;;-1;+2;;2*-1. The third-order valence-corrected chi connectivity index (χ3v) is 21.9. The maximum Gasteiger partial charge on any atom is 2.00 e. The van der Waals surface area contributed by atoms with E-state index >= 15 is 0 Å². The van der Waals surface area contributed by atoms with Gasteiger partial charge in [0.1, 0.15) is 17.7 Å². The number of ketones is 1. The Bertz CT molecular complexity index is 4480. The number of nitrogens with one attached hydrogen (secondary N) is 1. The summed E-state index contributed by atoms with van der Waals surface area (Å²) in [7, 11) is 1.33. The SMILES string of the molecule is CC1(C)COC2(CCCC(=O)CCC2)OC1.CC1(C)COC2(CCCc3ncc(N)cc3CC2)OC1.CC1(C)COC2(CCCc3ncc(N=C(NC#N)Oc4ccccc4)cc3CC2)OC1.CC1(C)COC2(CCCc3ncc([N+](=O)[O-])cc3CC2)OC1.CN1CC([N+](=O)[O-])CC([N+](=O)[O-])C1=O.N#CN(Oc1ccccc1)Oc1ccccc1.[CH3-].[Ca+2].[Cd].[H-].[H-]. The second-order valence-electron chi connectivity index (χ2n) is 35.1. The van der Waals surface area contributed by atoms with Gasteiger partial charge >= 0.3 is 43.8 Å². The van der Waals surface area contributed by atoms with Gasteiger partial charge < -0.3 is 73.2 Å². The van der Waals surface area contributed by atoms with E-state index in [-0.39, 0.29) is 127 Å². The van der Waals surface area contributed by atoms with E-state index in [1.54, 1.807) is 61.1 Å². The predicted octanol–water partition coefficient (Wildman–Crippen LogP) is 14.9. The summed E-state index contributed by atoms with van der Waals surface area (Å²) < 4.78 is 54.5. The molecule has 6 aromatic rings. The fourth-order valence-electron chi connectivity index (χ4n) is 15.0. The number of carbonyl (C=O) groups is 2. The molecule has 6 fully saturated rings. The number of pyridine rings is 3. The number of hydrogen-bond donors (Lipinski definition) is 2. The van der Waals surface area contributed by atoms with Crippen molar-refractivity contribution in [2.45, 2.75) is 232 Å². The largest absolute Gasteiger partial charge is 2.00 e. The van der Waals surface area contributed by atoms with Gasteiger partial charge in [-0.3, -0.25) is 54.9 Å². The van der Waals surface area contributed by atoms with Crippen molar-refractivity contribution in [2.24, 2.45) is 26.7 Å². The molecule has 15 rings (SSSR count). The van der Waals surface area contributed by atoms with E-state index in [1.807, 2.05) is 72.9 Å². The van der Waals surface area contributed by atoms with Gasteiger partial charge in [0.15, 0.2) is 40.8 Å². The van der Waals surface area contributed by atoms with E-state index in [0.717, 1.165) is 180 Å². The molecule has 3 aromatic heterocycles. The van der Waals surface area contributed by atoms with E-state index in [1.165, 1.54) is 24.5 Å². The number of Topliss-reactive ketones (excluding diaryl/α,β-unsaturated/α-hetero) is 1. The summed E-state index contributed by atoms with van der Waals surface area (Å²) in [6, 6.07) is 30.5. The Morgan fingerprint density at radius 2 is 0.902 bits per heavy atom. The maximum absolute atomic E-state index is 11.3.